The molecule has 1 aromatic carbocycles. The molecule has 4 rings (SSSR count). The number of hydrogen-bond donors (Lipinski definition) is 2. The van der Waals surface area contributed by atoms with Crippen molar-refractivity contribution in [1.82, 2.24) is 19.7 Å². The molecule has 1 atom stereocenters. The third kappa shape index (κ3) is 4.04. The molecule has 0 saturated carbocycles. The van der Waals surface area contributed by atoms with Crippen molar-refractivity contribution in [2.24, 2.45) is 0 Å². The van der Waals surface area contributed by atoms with Gasteiger partial charge in [-0.2, -0.15) is 4.98 Å². The standard InChI is InChI=1S/C19H18N6O2S/c1-12-7-8-20-15(9-12)21-17(27)14-10-16(26)22-18-23-19(24-25(14)18)28-11-13-5-3-2-4-6-13/h2-9,14H,10-11H2,1H3,(H,20,21,27)(H,22,23,24,26). The van der Waals surface area contributed by atoms with Crippen LogP contribution in [0.25, 0.3) is 0 Å². The van der Waals surface area contributed by atoms with Crippen molar-refractivity contribution in [3.05, 3.63) is 59.8 Å². The number of aromatic nitrogens is 4. The smallest absolute Gasteiger partial charge is 0.251 e. The minimum atomic E-state index is -0.773. The fourth-order valence-corrected chi connectivity index (χ4v) is 3.63. The summed E-state index contributed by atoms with van der Waals surface area (Å²) in [4.78, 5) is 33.3. The second-order valence-electron chi connectivity index (χ2n) is 6.41. The summed E-state index contributed by atoms with van der Waals surface area (Å²) in [6, 6.07) is 12.8. The zero-order chi connectivity index (χ0) is 19.5. The van der Waals surface area contributed by atoms with Crippen LogP contribution >= 0.6 is 11.8 Å². The number of rotatable bonds is 5. The van der Waals surface area contributed by atoms with Crippen molar-refractivity contribution in [3.8, 4) is 0 Å². The number of nitrogens with zero attached hydrogens (tertiary/aromatic N) is 4. The lowest BCUT2D eigenvalue weighted by Gasteiger charge is -2.22. The number of benzene rings is 1. The lowest BCUT2D eigenvalue weighted by molar-refractivity contribution is -0.125. The molecule has 1 unspecified atom stereocenters. The van der Waals surface area contributed by atoms with Crippen LogP contribution < -0.4 is 10.6 Å². The molecule has 0 fully saturated rings. The highest BCUT2D eigenvalue weighted by Crippen LogP contribution is 2.28. The summed E-state index contributed by atoms with van der Waals surface area (Å²) < 4.78 is 1.47. The predicted octanol–water partition coefficient (Wildman–Crippen LogP) is 2.80. The summed E-state index contributed by atoms with van der Waals surface area (Å²) in [5.41, 5.74) is 2.12. The average molecular weight is 394 g/mol. The average Bonchev–Trinajstić information content (AvgIpc) is 3.09. The highest BCUT2D eigenvalue weighted by molar-refractivity contribution is 7.98. The molecule has 1 aliphatic rings. The Kier molecular flexibility index (Phi) is 5.07. The van der Waals surface area contributed by atoms with Gasteiger partial charge < -0.3 is 5.32 Å². The quantitative estimate of drug-likeness (QED) is 0.645. The van der Waals surface area contributed by atoms with E-state index in [1.54, 1.807) is 12.3 Å². The van der Waals surface area contributed by atoms with Crippen molar-refractivity contribution in [3.63, 3.8) is 0 Å². The normalized spacial score (nSPS) is 15.6. The Balaban J connectivity index is 1.52. The molecule has 9 heteroatoms. The highest BCUT2D eigenvalue weighted by atomic mass is 32.2. The summed E-state index contributed by atoms with van der Waals surface area (Å²) in [7, 11) is 0. The maximum atomic E-state index is 12.7. The number of carbonyl (C=O) groups excluding carboxylic acids is 2. The van der Waals surface area contributed by atoms with E-state index in [9.17, 15) is 9.59 Å². The zero-order valence-corrected chi connectivity index (χ0v) is 15.9. The summed E-state index contributed by atoms with van der Waals surface area (Å²) in [6.07, 6.45) is 1.62. The van der Waals surface area contributed by atoms with Gasteiger partial charge in [-0.25, -0.2) is 9.67 Å². The van der Waals surface area contributed by atoms with Crippen LogP contribution in [0.5, 0.6) is 0 Å². The lowest BCUT2D eigenvalue weighted by atomic mass is 10.1. The molecule has 0 bridgehead atoms. The van der Waals surface area contributed by atoms with Gasteiger partial charge in [-0.05, 0) is 30.2 Å². The fourth-order valence-electron chi connectivity index (χ4n) is 2.85. The zero-order valence-electron chi connectivity index (χ0n) is 15.1. The van der Waals surface area contributed by atoms with E-state index in [0.717, 1.165) is 11.1 Å². The maximum Gasteiger partial charge on any atom is 0.251 e. The molecule has 0 spiro atoms. The number of anilines is 2. The molecular formula is C19H18N6O2S. The second kappa shape index (κ2) is 7.81. The predicted molar refractivity (Wildman–Crippen MR) is 106 cm³/mol. The number of nitrogens with one attached hydrogen (secondary N) is 2. The maximum absolute atomic E-state index is 12.7. The first-order valence-corrected chi connectivity index (χ1v) is 9.74. The monoisotopic (exact) mass is 394 g/mol. The van der Waals surface area contributed by atoms with Gasteiger partial charge in [0.05, 0.1) is 6.42 Å². The molecule has 0 saturated heterocycles. The van der Waals surface area contributed by atoms with Crippen molar-refractivity contribution >= 4 is 35.3 Å². The lowest BCUT2D eigenvalue weighted by Crippen LogP contribution is -2.36. The molecule has 0 aliphatic carbocycles. The number of fused-ring (bicyclic) bond motifs is 1. The van der Waals surface area contributed by atoms with Gasteiger partial charge in [-0.15, -0.1) is 5.10 Å². The Labute approximate surface area is 165 Å². The van der Waals surface area contributed by atoms with Crippen molar-refractivity contribution in [1.29, 1.82) is 0 Å². The van der Waals surface area contributed by atoms with E-state index < -0.39 is 6.04 Å². The summed E-state index contributed by atoms with van der Waals surface area (Å²) in [6.45, 7) is 1.91. The minimum Gasteiger partial charge on any atom is -0.309 e. The topological polar surface area (TPSA) is 102 Å². The van der Waals surface area contributed by atoms with Crippen LogP contribution in [0.15, 0.2) is 53.8 Å². The van der Waals surface area contributed by atoms with E-state index in [1.807, 2.05) is 43.3 Å². The Bertz CT molecular complexity index is 1020. The van der Waals surface area contributed by atoms with E-state index in [0.29, 0.717) is 16.7 Å². The molecule has 2 amide bonds. The summed E-state index contributed by atoms with van der Waals surface area (Å²) >= 11 is 1.45. The van der Waals surface area contributed by atoms with Crippen LogP contribution in [0.2, 0.25) is 0 Å². The van der Waals surface area contributed by atoms with E-state index in [2.05, 4.69) is 25.7 Å². The van der Waals surface area contributed by atoms with Crippen LogP contribution in [0, 0.1) is 6.92 Å². The molecule has 2 aromatic heterocycles. The first-order valence-electron chi connectivity index (χ1n) is 8.75. The van der Waals surface area contributed by atoms with Crippen molar-refractivity contribution in [2.75, 3.05) is 10.6 Å². The van der Waals surface area contributed by atoms with Gasteiger partial charge >= 0.3 is 0 Å². The SMILES string of the molecule is Cc1ccnc(NC(=O)C2CC(=O)Nc3nc(SCc4ccccc4)nn32)c1. The van der Waals surface area contributed by atoms with Gasteiger partial charge in [0.25, 0.3) is 5.91 Å². The highest BCUT2D eigenvalue weighted by Gasteiger charge is 2.33. The largest absolute Gasteiger partial charge is 0.309 e. The first kappa shape index (κ1) is 18.2. The van der Waals surface area contributed by atoms with Crippen LogP contribution in [-0.2, 0) is 15.3 Å². The molecule has 3 heterocycles. The molecule has 1 aliphatic heterocycles. The number of carbonyl (C=O) groups is 2. The van der Waals surface area contributed by atoms with Crippen LogP contribution in [0.3, 0.4) is 0 Å². The first-order chi connectivity index (χ1) is 13.6. The van der Waals surface area contributed by atoms with Gasteiger partial charge in [0.1, 0.15) is 11.9 Å². The Morgan fingerprint density at radius 1 is 1.32 bits per heavy atom. The van der Waals surface area contributed by atoms with E-state index in [1.165, 1.54) is 16.4 Å². The Morgan fingerprint density at radius 2 is 2.14 bits per heavy atom. The Morgan fingerprint density at radius 3 is 2.93 bits per heavy atom. The number of thioether (sulfide) groups is 1. The minimum absolute atomic E-state index is 0.00317. The fraction of sp³-hybridized carbons (Fsp3) is 0.211. The van der Waals surface area contributed by atoms with Gasteiger partial charge in [0, 0.05) is 11.9 Å². The van der Waals surface area contributed by atoms with Crippen molar-refractivity contribution < 1.29 is 9.59 Å². The second-order valence-corrected chi connectivity index (χ2v) is 7.36. The van der Waals surface area contributed by atoms with Gasteiger partial charge in [-0.1, -0.05) is 42.1 Å². The van der Waals surface area contributed by atoms with Crippen LogP contribution in [0.4, 0.5) is 11.8 Å². The summed E-state index contributed by atoms with van der Waals surface area (Å²) in [5, 5.41) is 10.4. The molecule has 8 nitrogen and oxygen atoms in total. The van der Waals surface area contributed by atoms with Crippen LogP contribution in [0.1, 0.15) is 23.6 Å². The third-order valence-electron chi connectivity index (χ3n) is 4.22. The van der Waals surface area contributed by atoms with Crippen molar-refractivity contribution in [2.45, 2.75) is 30.3 Å². The third-order valence-corrected chi connectivity index (χ3v) is 5.13. The van der Waals surface area contributed by atoms with Crippen LogP contribution in [-0.4, -0.2) is 31.6 Å². The van der Waals surface area contributed by atoms with E-state index in [4.69, 9.17) is 0 Å². The number of aryl methyl sites for hydroxylation is 1. The van der Waals surface area contributed by atoms with E-state index >= 15 is 0 Å². The van der Waals surface area contributed by atoms with Gasteiger partial charge in [0.2, 0.25) is 17.0 Å². The van der Waals surface area contributed by atoms with Gasteiger partial charge in [0.15, 0.2) is 0 Å². The molecule has 3 aromatic rings. The van der Waals surface area contributed by atoms with E-state index in [-0.39, 0.29) is 24.2 Å². The Hall–Kier alpha value is -3.20. The molecule has 142 valence electrons. The molecule has 2 N–H and O–H groups in total. The van der Waals surface area contributed by atoms with Gasteiger partial charge in [-0.3, -0.25) is 14.9 Å². The molecule has 28 heavy (non-hydrogen) atoms. The summed E-state index contributed by atoms with van der Waals surface area (Å²) in [5.74, 6) is 0.804. The molecule has 0 radical (unpaired) electrons. The number of pyridine rings is 1. The number of amides is 2. The number of hydrogen-bond acceptors (Lipinski definition) is 6. The molecular weight excluding hydrogens is 376 g/mol.